The SMILES string of the molecule is CCOc1ccccc1Nc1nc(-c2ccccc2)cc(N2CCCCC2)n1. The summed E-state index contributed by atoms with van der Waals surface area (Å²) in [5.41, 5.74) is 2.89. The smallest absolute Gasteiger partial charge is 0.229 e. The van der Waals surface area contributed by atoms with Crippen molar-refractivity contribution in [3.63, 3.8) is 0 Å². The van der Waals surface area contributed by atoms with Gasteiger partial charge >= 0.3 is 0 Å². The van der Waals surface area contributed by atoms with Crippen LogP contribution in [-0.2, 0) is 0 Å². The molecule has 3 aromatic rings. The zero-order chi connectivity index (χ0) is 19.2. The molecule has 1 fully saturated rings. The van der Waals surface area contributed by atoms with Gasteiger partial charge in [-0.3, -0.25) is 0 Å². The van der Waals surface area contributed by atoms with Crippen molar-refractivity contribution in [2.24, 2.45) is 0 Å². The van der Waals surface area contributed by atoms with Crippen molar-refractivity contribution in [2.45, 2.75) is 26.2 Å². The summed E-state index contributed by atoms with van der Waals surface area (Å²) in [5, 5.41) is 3.37. The quantitative estimate of drug-likeness (QED) is 0.636. The molecular weight excluding hydrogens is 348 g/mol. The molecule has 2 aromatic carbocycles. The topological polar surface area (TPSA) is 50.3 Å². The highest BCUT2D eigenvalue weighted by Gasteiger charge is 2.16. The third-order valence-electron chi connectivity index (χ3n) is 4.90. The number of para-hydroxylation sites is 2. The number of benzene rings is 2. The Hall–Kier alpha value is -3.08. The number of nitrogens with one attached hydrogen (secondary N) is 1. The summed E-state index contributed by atoms with van der Waals surface area (Å²) >= 11 is 0. The second-order valence-corrected chi connectivity index (χ2v) is 6.90. The molecule has 0 bridgehead atoms. The molecule has 144 valence electrons. The number of ether oxygens (including phenoxy) is 1. The molecular formula is C23H26N4O. The van der Waals surface area contributed by atoms with Crippen LogP contribution in [0.3, 0.4) is 0 Å². The van der Waals surface area contributed by atoms with E-state index in [-0.39, 0.29) is 0 Å². The maximum Gasteiger partial charge on any atom is 0.229 e. The van der Waals surface area contributed by atoms with Gasteiger partial charge in [-0.25, -0.2) is 4.98 Å². The zero-order valence-electron chi connectivity index (χ0n) is 16.3. The van der Waals surface area contributed by atoms with E-state index < -0.39 is 0 Å². The first-order valence-electron chi connectivity index (χ1n) is 10.0. The molecule has 5 heteroatoms. The first kappa shape index (κ1) is 18.3. The second-order valence-electron chi connectivity index (χ2n) is 6.90. The molecule has 0 radical (unpaired) electrons. The van der Waals surface area contributed by atoms with E-state index in [0.717, 1.165) is 41.6 Å². The highest BCUT2D eigenvalue weighted by Crippen LogP contribution is 2.30. The van der Waals surface area contributed by atoms with Gasteiger partial charge in [0.15, 0.2) is 0 Å². The summed E-state index contributed by atoms with van der Waals surface area (Å²) < 4.78 is 5.74. The van der Waals surface area contributed by atoms with Gasteiger partial charge in [0.25, 0.3) is 0 Å². The second kappa shape index (κ2) is 8.74. The normalized spacial score (nSPS) is 14.0. The van der Waals surface area contributed by atoms with Crippen molar-refractivity contribution >= 4 is 17.5 Å². The van der Waals surface area contributed by atoms with Gasteiger partial charge in [-0.1, -0.05) is 42.5 Å². The lowest BCUT2D eigenvalue weighted by molar-refractivity contribution is 0.342. The largest absolute Gasteiger partial charge is 0.492 e. The van der Waals surface area contributed by atoms with E-state index in [1.807, 2.05) is 49.4 Å². The molecule has 4 rings (SSSR count). The Morgan fingerprint density at radius 1 is 0.929 bits per heavy atom. The van der Waals surface area contributed by atoms with Crippen molar-refractivity contribution in [1.29, 1.82) is 0 Å². The standard InChI is InChI=1S/C23H26N4O/c1-2-28-21-14-8-7-13-19(21)24-23-25-20(18-11-5-3-6-12-18)17-22(26-23)27-15-9-4-10-16-27/h3,5-8,11-14,17H,2,4,9-10,15-16H2,1H3,(H,24,25,26). The third-order valence-corrected chi connectivity index (χ3v) is 4.90. The maximum absolute atomic E-state index is 5.74. The van der Waals surface area contributed by atoms with E-state index in [1.165, 1.54) is 19.3 Å². The van der Waals surface area contributed by atoms with Crippen molar-refractivity contribution in [3.05, 3.63) is 60.7 Å². The van der Waals surface area contributed by atoms with Gasteiger partial charge in [-0.2, -0.15) is 4.98 Å². The van der Waals surface area contributed by atoms with E-state index in [9.17, 15) is 0 Å². The molecule has 5 nitrogen and oxygen atoms in total. The number of piperidine rings is 1. The summed E-state index contributed by atoms with van der Waals surface area (Å²) in [6, 6.07) is 20.3. The van der Waals surface area contributed by atoms with Gasteiger partial charge in [0.05, 0.1) is 18.0 Å². The highest BCUT2D eigenvalue weighted by atomic mass is 16.5. The average molecular weight is 374 g/mol. The predicted molar refractivity (Wildman–Crippen MR) is 114 cm³/mol. The van der Waals surface area contributed by atoms with E-state index >= 15 is 0 Å². The molecule has 0 atom stereocenters. The van der Waals surface area contributed by atoms with Gasteiger partial charge in [0.1, 0.15) is 11.6 Å². The number of aromatic nitrogens is 2. The Balaban J connectivity index is 1.71. The number of nitrogens with zero attached hydrogens (tertiary/aromatic N) is 3. The van der Waals surface area contributed by atoms with E-state index in [4.69, 9.17) is 14.7 Å². The van der Waals surface area contributed by atoms with Crippen LogP contribution in [0.25, 0.3) is 11.3 Å². The molecule has 1 aromatic heterocycles. The average Bonchev–Trinajstić information content (AvgIpc) is 2.76. The Morgan fingerprint density at radius 2 is 1.68 bits per heavy atom. The molecule has 0 spiro atoms. The number of hydrogen-bond donors (Lipinski definition) is 1. The fourth-order valence-electron chi connectivity index (χ4n) is 3.50. The predicted octanol–water partition coefficient (Wildman–Crippen LogP) is 5.28. The number of anilines is 3. The Morgan fingerprint density at radius 3 is 2.46 bits per heavy atom. The van der Waals surface area contributed by atoms with Crippen molar-refractivity contribution < 1.29 is 4.74 Å². The van der Waals surface area contributed by atoms with Crippen molar-refractivity contribution in [2.75, 3.05) is 29.9 Å². The zero-order valence-corrected chi connectivity index (χ0v) is 16.3. The summed E-state index contributed by atoms with van der Waals surface area (Å²) in [6.07, 6.45) is 3.71. The molecule has 28 heavy (non-hydrogen) atoms. The fraction of sp³-hybridized carbons (Fsp3) is 0.304. The van der Waals surface area contributed by atoms with Crippen LogP contribution in [0.15, 0.2) is 60.7 Å². The van der Waals surface area contributed by atoms with Crippen LogP contribution in [-0.4, -0.2) is 29.7 Å². The maximum atomic E-state index is 5.74. The minimum atomic E-state index is 0.592. The first-order valence-corrected chi connectivity index (χ1v) is 10.0. The van der Waals surface area contributed by atoms with Gasteiger partial charge in [0, 0.05) is 24.7 Å². The van der Waals surface area contributed by atoms with Crippen LogP contribution in [0, 0.1) is 0 Å². The van der Waals surface area contributed by atoms with Gasteiger partial charge in [-0.05, 0) is 38.3 Å². The summed E-state index contributed by atoms with van der Waals surface area (Å²) in [4.78, 5) is 12.0. The minimum Gasteiger partial charge on any atom is -0.492 e. The van der Waals surface area contributed by atoms with Crippen LogP contribution in [0.2, 0.25) is 0 Å². The third kappa shape index (κ3) is 4.25. The molecule has 0 saturated carbocycles. The van der Waals surface area contributed by atoms with Crippen LogP contribution in [0.4, 0.5) is 17.5 Å². The summed E-state index contributed by atoms with van der Waals surface area (Å²) in [6.45, 7) is 4.68. The minimum absolute atomic E-state index is 0.592. The van der Waals surface area contributed by atoms with E-state index in [0.29, 0.717) is 12.6 Å². The van der Waals surface area contributed by atoms with Crippen molar-refractivity contribution in [1.82, 2.24) is 9.97 Å². The van der Waals surface area contributed by atoms with E-state index in [2.05, 4.69) is 28.4 Å². The lowest BCUT2D eigenvalue weighted by Gasteiger charge is -2.28. The lowest BCUT2D eigenvalue weighted by atomic mass is 10.1. The molecule has 1 saturated heterocycles. The summed E-state index contributed by atoms with van der Waals surface area (Å²) in [5.74, 6) is 2.37. The van der Waals surface area contributed by atoms with Crippen LogP contribution < -0.4 is 15.0 Å². The number of hydrogen-bond acceptors (Lipinski definition) is 5. The molecule has 1 aliphatic rings. The fourth-order valence-corrected chi connectivity index (χ4v) is 3.50. The lowest BCUT2D eigenvalue weighted by Crippen LogP contribution is -2.30. The molecule has 1 N–H and O–H groups in total. The Labute approximate surface area is 166 Å². The molecule has 0 amide bonds. The van der Waals surface area contributed by atoms with Crippen molar-refractivity contribution in [3.8, 4) is 17.0 Å². The molecule has 1 aliphatic heterocycles. The Bertz CT molecular complexity index is 907. The van der Waals surface area contributed by atoms with Crippen LogP contribution in [0.5, 0.6) is 5.75 Å². The highest BCUT2D eigenvalue weighted by molar-refractivity contribution is 5.68. The first-order chi connectivity index (χ1) is 13.8. The number of rotatable bonds is 6. The van der Waals surface area contributed by atoms with E-state index in [1.54, 1.807) is 0 Å². The summed E-state index contributed by atoms with van der Waals surface area (Å²) in [7, 11) is 0. The monoisotopic (exact) mass is 374 g/mol. The molecule has 0 aliphatic carbocycles. The molecule has 0 unspecified atom stereocenters. The Kier molecular flexibility index (Phi) is 5.71. The van der Waals surface area contributed by atoms with Gasteiger partial charge in [-0.15, -0.1) is 0 Å². The van der Waals surface area contributed by atoms with Gasteiger partial charge in [0.2, 0.25) is 5.95 Å². The van der Waals surface area contributed by atoms with Gasteiger partial charge < -0.3 is 15.0 Å². The molecule has 2 heterocycles. The van der Waals surface area contributed by atoms with Crippen LogP contribution in [0.1, 0.15) is 26.2 Å². The van der Waals surface area contributed by atoms with Crippen LogP contribution >= 0.6 is 0 Å².